The Balaban J connectivity index is 3.23. The SMILES string of the molecule is Cc1cc(C)c(N(C)C(=O)C(N)=O)c(C)c1. The number of hydrogen-bond acceptors (Lipinski definition) is 2. The Morgan fingerprint density at radius 3 is 1.94 bits per heavy atom. The molecule has 0 aliphatic carbocycles. The molecular weight excluding hydrogens is 204 g/mol. The lowest BCUT2D eigenvalue weighted by molar-refractivity contribution is -0.135. The second kappa shape index (κ2) is 4.35. The zero-order valence-corrected chi connectivity index (χ0v) is 10.00. The Labute approximate surface area is 95.0 Å². The molecule has 0 bridgehead atoms. The molecule has 0 saturated carbocycles. The van der Waals surface area contributed by atoms with Crippen LogP contribution in [0.4, 0.5) is 5.69 Å². The molecule has 1 rings (SSSR count). The fraction of sp³-hybridized carbons (Fsp3) is 0.333. The zero-order chi connectivity index (χ0) is 12.5. The maximum absolute atomic E-state index is 11.5. The third kappa shape index (κ3) is 2.21. The van der Waals surface area contributed by atoms with E-state index in [-0.39, 0.29) is 0 Å². The maximum Gasteiger partial charge on any atom is 0.315 e. The van der Waals surface area contributed by atoms with Crippen molar-refractivity contribution in [2.24, 2.45) is 5.73 Å². The number of anilines is 1. The van der Waals surface area contributed by atoms with Crippen molar-refractivity contribution < 1.29 is 9.59 Å². The lowest BCUT2D eigenvalue weighted by atomic mass is 10.0. The van der Waals surface area contributed by atoms with Crippen LogP contribution in [0.25, 0.3) is 0 Å². The number of aryl methyl sites for hydroxylation is 3. The van der Waals surface area contributed by atoms with E-state index in [2.05, 4.69) is 0 Å². The third-order valence-corrected chi connectivity index (χ3v) is 2.49. The molecule has 0 aliphatic heterocycles. The van der Waals surface area contributed by atoms with Crippen LogP contribution >= 0.6 is 0 Å². The first-order valence-electron chi connectivity index (χ1n) is 5.00. The van der Waals surface area contributed by atoms with Gasteiger partial charge in [-0.05, 0) is 31.9 Å². The molecule has 16 heavy (non-hydrogen) atoms. The molecule has 0 spiro atoms. The summed E-state index contributed by atoms with van der Waals surface area (Å²) in [7, 11) is 1.55. The van der Waals surface area contributed by atoms with Gasteiger partial charge in [-0.15, -0.1) is 0 Å². The fourth-order valence-corrected chi connectivity index (χ4v) is 1.97. The first-order valence-corrected chi connectivity index (χ1v) is 5.00. The van der Waals surface area contributed by atoms with E-state index >= 15 is 0 Å². The predicted octanol–water partition coefficient (Wildman–Crippen LogP) is 1.06. The van der Waals surface area contributed by atoms with Gasteiger partial charge >= 0.3 is 11.8 Å². The maximum atomic E-state index is 11.5. The van der Waals surface area contributed by atoms with Gasteiger partial charge in [0.1, 0.15) is 0 Å². The van der Waals surface area contributed by atoms with E-state index in [0.29, 0.717) is 0 Å². The quantitative estimate of drug-likeness (QED) is 0.719. The van der Waals surface area contributed by atoms with E-state index < -0.39 is 11.8 Å². The number of nitrogens with two attached hydrogens (primary N) is 1. The summed E-state index contributed by atoms with van der Waals surface area (Å²) in [5, 5.41) is 0. The molecule has 0 unspecified atom stereocenters. The summed E-state index contributed by atoms with van der Waals surface area (Å²) in [6.45, 7) is 5.79. The topological polar surface area (TPSA) is 63.4 Å². The van der Waals surface area contributed by atoms with Crippen molar-refractivity contribution in [1.82, 2.24) is 0 Å². The molecule has 0 aromatic heterocycles. The van der Waals surface area contributed by atoms with E-state index in [1.54, 1.807) is 7.05 Å². The Bertz CT molecular complexity index is 429. The number of nitrogens with zero attached hydrogens (tertiary/aromatic N) is 1. The number of carbonyl (C=O) groups is 2. The molecule has 4 heteroatoms. The predicted molar refractivity (Wildman–Crippen MR) is 63.3 cm³/mol. The number of rotatable bonds is 1. The summed E-state index contributed by atoms with van der Waals surface area (Å²) < 4.78 is 0. The van der Waals surface area contributed by atoms with Gasteiger partial charge in [0, 0.05) is 12.7 Å². The molecule has 0 saturated heterocycles. The highest BCUT2D eigenvalue weighted by Gasteiger charge is 2.19. The monoisotopic (exact) mass is 220 g/mol. The summed E-state index contributed by atoms with van der Waals surface area (Å²) in [5.41, 5.74) is 8.75. The van der Waals surface area contributed by atoms with Gasteiger partial charge in [-0.1, -0.05) is 17.7 Å². The number of amides is 2. The molecule has 0 radical (unpaired) electrons. The molecule has 2 N–H and O–H groups in total. The number of likely N-dealkylation sites (N-methyl/N-ethyl adjacent to an activating group) is 1. The average Bonchev–Trinajstić information content (AvgIpc) is 2.14. The standard InChI is InChI=1S/C12H16N2O2/c1-7-5-8(2)10(9(3)6-7)14(4)12(16)11(13)15/h5-6H,1-4H3,(H2,13,15). The summed E-state index contributed by atoms with van der Waals surface area (Å²) in [6, 6.07) is 3.93. The molecule has 1 aromatic carbocycles. The van der Waals surface area contributed by atoms with Crippen LogP contribution < -0.4 is 10.6 Å². The van der Waals surface area contributed by atoms with E-state index in [0.717, 1.165) is 22.4 Å². The highest BCUT2D eigenvalue weighted by atomic mass is 16.2. The van der Waals surface area contributed by atoms with Crippen LogP contribution in [0.3, 0.4) is 0 Å². The Morgan fingerprint density at radius 1 is 1.12 bits per heavy atom. The van der Waals surface area contributed by atoms with Crippen LogP contribution in [0, 0.1) is 20.8 Å². The highest BCUT2D eigenvalue weighted by molar-refractivity contribution is 6.39. The first kappa shape index (κ1) is 12.2. The van der Waals surface area contributed by atoms with Gasteiger partial charge in [0.2, 0.25) is 0 Å². The van der Waals surface area contributed by atoms with Gasteiger partial charge in [0.15, 0.2) is 0 Å². The molecule has 0 fully saturated rings. The molecule has 0 heterocycles. The van der Waals surface area contributed by atoms with E-state index in [4.69, 9.17) is 5.73 Å². The van der Waals surface area contributed by atoms with E-state index in [1.807, 2.05) is 32.9 Å². The lowest BCUT2D eigenvalue weighted by Gasteiger charge is -2.20. The summed E-state index contributed by atoms with van der Waals surface area (Å²) in [4.78, 5) is 23.6. The summed E-state index contributed by atoms with van der Waals surface area (Å²) >= 11 is 0. The van der Waals surface area contributed by atoms with Gasteiger partial charge in [-0.2, -0.15) is 0 Å². The Kier molecular flexibility index (Phi) is 3.32. The lowest BCUT2D eigenvalue weighted by Crippen LogP contribution is -2.38. The van der Waals surface area contributed by atoms with Crippen LogP contribution in [0.2, 0.25) is 0 Å². The summed E-state index contributed by atoms with van der Waals surface area (Å²) in [6.07, 6.45) is 0. The van der Waals surface area contributed by atoms with Crippen molar-refractivity contribution in [2.75, 3.05) is 11.9 Å². The van der Waals surface area contributed by atoms with Gasteiger partial charge in [0.25, 0.3) is 0 Å². The minimum atomic E-state index is -0.943. The van der Waals surface area contributed by atoms with Crippen molar-refractivity contribution in [3.8, 4) is 0 Å². The second-order valence-corrected chi connectivity index (χ2v) is 3.98. The van der Waals surface area contributed by atoms with Crippen LogP contribution in [0.1, 0.15) is 16.7 Å². The number of carbonyl (C=O) groups excluding carboxylic acids is 2. The molecule has 86 valence electrons. The van der Waals surface area contributed by atoms with Gasteiger partial charge in [-0.3, -0.25) is 9.59 Å². The van der Waals surface area contributed by atoms with Crippen molar-refractivity contribution in [2.45, 2.75) is 20.8 Å². The van der Waals surface area contributed by atoms with Crippen molar-refractivity contribution >= 4 is 17.5 Å². The first-order chi connectivity index (χ1) is 7.34. The molecule has 0 aliphatic rings. The number of hydrogen-bond donors (Lipinski definition) is 1. The van der Waals surface area contributed by atoms with Crippen molar-refractivity contribution in [3.63, 3.8) is 0 Å². The third-order valence-electron chi connectivity index (χ3n) is 2.49. The van der Waals surface area contributed by atoms with Crippen molar-refractivity contribution in [3.05, 3.63) is 28.8 Å². The van der Waals surface area contributed by atoms with Crippen LogP contribution in [0.15, 0.2) is 12.1 Å². The smallest absolute Gasteiger partial charge is 0.315 e. The Hall–Kier alpha value is -1.84. The molecular formula is C12H16N2O2. The van der Waals surface area contributed by atoms with Crippen LogP contribution in [-0.4, -0.2) is 18.9 Å². The van der Waals surface area contributed by atoms with Crippen LogP contribution in [-0.2, 0) is 9.59 Å². The Morgan fingerprint density at radius 2 is 1.56 bits per heavy atom. The van der Waals surface area contributed by atoms with Crippen molar-refractivity contribution in [1.29, 1.82) is 0 Å². The molecule has 0 atom stereocenters. The zero-order valence-electron chi connectivity index (χ0n) is 10.00. The molecule has 1 aromatic rings. The van der Waals surface area contributed by atoms with Gasteiger partial charge in [-0.25, -0.2) is 0 Å². The minimum absolute atomic E-state index is 0.699. The summed E-state index contributed by atoms with van der Waals surface area (Å²) in [5.74, 6) is -1.64. The van der Waals surface area contributed by atoms with E-state index in [1.165, 1.54) is 4.90 Å². The normalized spacial score (nSPS) is 10.0. The van der Waals surface area contributed by atoms with Gasteiger partial charge in [0.05, 0.1) is 0 Å². The minimum Gasteiger partial charge on any atom is -0.361 e. The van der Waals surface area contributed by atoms with E-state index in [9.17, 15) is 9.59 Å². The van der Waals surface area contributed by atoms with Gasteiger partial charge < -0.3 is 10.6 Å². The van der Waals surface area contributed by atoms with Crippen LogP contribution in [0.5, 0.6) is 0 Å². The number of benzene rings is 1. The average molecular weight is 220 g/mol. The molecule has 2 amide bonds. The number of primary amides is 1. The molecule has 4 nitrogen and oxygen atoms in total. The highest BCUT2D eigenvalue weighted by Crippen LogP contribution is 2.25. The fourth-order valence-electron chi connectivity index (χ4n) is 1.97. The largest absolute Gasteiger partial charge is 0.361 e. The second-order valence-electron chi connectivity index (χ2n) is 3.98.